The van der Waals surface area contributed by atoms with E-state index < -0.39 is 11.7 Å². The number of halogens is 3. The zero-order valence-corrected chi connectivity index (χ0v) is 18.4. The summed E-state index contributed by atoms with van der Waals surface area (Å²) in [6.45, 7) is 2.43. The van der Waals surface area contributed by atoms with Crippen LogP contribution in [-0.2, 0) is 28.7 Å². The lowest BCUT2D eigenvalue weighted by Crippen LogP contribution is -2.48. The van der Waals surface area contributed by atoms with E-state index in [-0.39, 0.29) is 18.4 Å². The number of carbonyl (C=O) groups is 1. The Morgan fingerprint density at radius 1 is 1.19 bits per heavy atom. The molecule has 0 spiro atoms. The fourth-order valence-electron chi connectivity index (χ4n) is 5.85. The van der Waals surface area contributed by atoms with Gasteiger partial charge >= 0.3 is 6.18 Å². The quantitative estimate of drug-likeness (QED) is 0.733. The lowest BCUT2D eigenvalue weighted by Gasteiger charge is -2.33. The molecule has 2 bridgehead atoms. The Labute approximate surface area is 186 Å². The van der Waals surface area contributed by atoms with Gasteiger partial charge in [-0.3, -0.25) is 9.78 Å². The van der Waals surface area contributed by atoms with Crippen molar-refractivity contribution in [2.24, 2.45) is 17.8 Å². The molecule has 1 amide bonds. The molecule has 0 aromatic carbocycles. The number of aromatic nitrogens is 1. The van der Waals surface area contributed by atoms with Crippen molar-refractivity contribution < 1.29 is 27.8 Å². The van der Waals surface area contributed by atoms with Crippen LogP contribution in [0.2, 0.25) is 0 Å². The van der Waals surface area contributed by atoms with Crippen molar-refractivity contribution >= 4 is 5.91 Å². The number of rotatable bonds is 3. The van der Waals surface area contributed by atoms with Crippen LogP contribution < -0.4 is 5.32 Å². The van der Waals surface area contributed by atoms with Crippen LogP contribution in [-0.4, -0.2) is 59.8 Å². The van der Waals surface area contributed by atoms with Crippen molar-refractivity contribution in [3.8, 4) is 0 Å². The van der Waals surface area contributed by atoms with Gasteiger partial charge in [-0.25, -0.2) is 0 Å². The monoisotopic (exact) mass is 455 g/mol. The lowest BCUT2D eigenvalue weighted by atomic mass is 9.95. The Hall–Kier alpha value is -1.71. The highest BCUT2D eigenvalue weighted by atomic mass is 19.4. The number of aliphatic hydroxyl groups excluding tert-OH is 1. The van der Waals surface area contributed by atoms with Crippen molar-refractivity contribution in [3.05, 3.63) is 29.1 Å². The zero-order valence-electron chi connectivity index (χ0n) is 18.4. The second-order valence-corrected chi connectivity index (χ2v) is 9.37. The van der Waals surface area contributed by atoms with Crippen molar-refractivity contribution in [2.75, 3.05) is 26.9 Å². The smallest absolute Gasteiger partial charge is 0.400 e. The maximum atomic E-state index is 13.1. The summed E-state index contributed by atoms with van der Waals surface area (Å²) in [5, 5.41) is 10.8. The largest absolute Gasteiger partial charge is 0.417 e. The predicted octanol–water partition coefficient (Wildman–Crippen LogP) is 2.78. The number of pyridine rings is 1. The summed E-state index contributed by atoms with van der Waals surface area (Å²) in [5.74, 6) is 1.22. The number of hydrogen-bond donors (Lipinski definition) is 2. The number of aliphatic hydroxyl groups is 1. The summed E-state index contributed by atoms with van der Waals surface area (Å²) in [5.41, 5.74) is 0.454. The van der Waals surface area contributed by atoms with Crippen molar-refractivity contribution in [2.45, 2.75) is 63.3 Å². The Kier molecular flexibility index (Phi) is 7.07. The third kappa shape index (κ3) is 4.79. The predicted molar refractivity (Wildman–Crippen MR) is 112 cm³/mol. The minimum atomic E-state index is -4.41. The molecule has 178 valence electrons. The van der Waals surface area contributed by atoms with Gasteiger partial charge in [-0.2, -0.15) is 13.2 Å². The summed E-state index contributed by atoms with van der Waals surface area (Å²) >= 11 is 0. The summed E-state index contributed by atoms with van der Waals surface area (Å²) in [6, 6.07) is 2.01. The highest BCUT2D eigenvalue weighted by molar-refractivity contribution is 5.79. The van der Waals surface area contributed by atoms with Crippen LogP contribution in [0.25, 0.3) is 0 Å². The Morgan fingerprint density at radius 2 is 1.91 bits per heavy atom. The highest BCUT2D eigenvalue weighted by Gasteiger charge is 2.42. The molecule has 0 radical (unpaired) electrons. The first-order valence-corrected chi connectivity index (χ1v) is 11.5. The first-order chi connectivity index (χ1) is 15.4. The third-order valence-corrected chi connectivity index (χ3v) is 7.48. The van der Waals surface area contributed by atoms with E-state index in [4.69, 9.17) is 9.84 Å². The van der Waals surface area contributed by atoms with E-state index in [1.165, 1.54) is 12.8 Å². The van der Waals surface area contributed by atoms with Gasteiger partial charge < -0.3 is 20.1 Å². The maximum absolute atomic E-state index is 13.1. The molecule has 3 fully saturated rings. The molecule has 4 atom stereocenters. The van der Waals surface area contributed by atoms with E-state index in [1.807, 2.05) is 0 Å². The average Bonchev–Trinajstić information content (AvgIpc) is 3.33. The molecule has 4 aliphatic rings. The molecule has 9 heteroatoms. The molecule has 6 nitrogen and oxygen atoms in total. The van der Waals surface area contributed by atoms with E-state index in [9.17, 15) is 18.0 Å². The van der Waals surface area contributed by atoms with E-state index >= 15 is 0 Å². The van der Waals surface area contributed by atoms with Crippen LogP contribution >= 0.6 is 0 Å². The van der Waals surface area contributed by atoms with Gasteiger partial charge in [0.2, 0.25) is 5.91 Å². The SMILES string of the molecule is CO.O=C(C1CCC(NC2C3CCC2COC3)C1)N1CCc2ncc(C(F)(F)F)cc2C1. The number of fused-ring (bicyclic) bond motifs is 3. The van der Waals surface area contributed by atoms with Gasteiger partial charge in [-0.05, 0) is 55.6 Å². The average molecular weight is 456 g/mol. The fraction of sp³-hybridized carbons (Fsp3) is 0.739. The molecule has 4 unspecified atom stereocenters. The molecular weight excluding hydrogens is 423 g/mol. The van der Waals surface area contributed by atoms with Crippen molar-refractivity contribution in [3.63, 3.8) is 0 Å². The lowest BCUT2D eigenvalue weighted by molar-refractivity contribution is -0.137. The number of ether oxygens (including phenoxy) is 1. The van der Waals surface area contributed by atoms with Crippen LogP contribution in [0.5, 0.6) is 0 Å². The van der Waals surface area contributed by atoms with Gasteiger partial charge in [-0.15, -0.1) is 0 Å². The Morgan fingerprint density at radius 3 is 2.59 bits per heavy atom. The zero-order chi connectivity index (χ0) is 22.9. The van der Waals surface area contributed by atoms with Gasteiger partial charge in [0.05, 0.1) is 18.8 Å². The van der Waals surface area contributed by atoms with Crippen LogP contribution in [0, 0.1) is 17.8 Å². The minimum absolute atomic E-state index is 0.0414. The molecule has 1 aromatic heterocycles. The number of alkyl halides is 3. The summed E-state index contributed by atoms with van der Waals surface area (Å²) in [7, 11) is 1.00. The van der Waals surface area contributed by atoms with Gasteiger partial charge in [0, 0.05) is 56.5 Å². The number of hydrogen-bond acceptors (Lipinski definition) is 5. The van der Waals surface area contributed by atoms with E-state index in [1.54, 1.807) is 4.90 Å². The number of carbonyl (C=O) groups excluding carboxylic acids is 1. The second kappa shape index (κ2) is 9.65. The normalized spacial score (nSPS) is 31.7. The molecule has 1 aromatic rings. The van der Waals surface area contributed by atoms with Gasteiger partial charge in [0.1, 0.15) is 0 Å². The number of nitrogens with zero attached hydrogens (tertiary/aromatic N) is 2. The molecule has 2 aliphatic carbocycles. The third-order valence-electron chi connectivity index (χ3n) is 7.48. The Bertz CT molecular complexity index is 803. The molecule has 1 saturated heterocycles. The van der Waals surface area contributed by atoms with Gasteiger partial charge in [0.15, 0.2) is 0 Å². The van der Waals surface area contributed by atoms with Gasteiger partial charge in [-0.1, -0.05) is 0 Å². The van der Waals surface area contributed by atoms with Crippen LogP contribution in [0.4, 0.5) is 13.2 Å². The van der Waals surface area contributed by atoms with Crippen LogP contribution in [0.15, 0.2) is 12.3 Å². The van der Waals surface area contributed by atoms with Crippen molar-refractivity contribution in [1.82, 2.24) is 15.2 Å². The summed E-state index contributed by atoms with van der Waals surface area (Å²) < 4.78 is 44.7. The molecule has 2 N–H and O–H groups in total. The van der Waals surface area contributed by atoms with E-state index in [0.29, 0.717) is 48.1 Å². The highest BCUT2D eigenvalue weighted by Crippen LogP contribution is 2.38. The Balaban J connectivity index is 0.00000119. The first-order valence-electron chi connectivity index (χ1n) is 11.5. The molecule has 32 heavy (non-hydrogen) atoms. The molecular formula is C23H32F3N3O3. The van der Waals surface area contributed by atoms with Crippen molar-refractivity contribution in [1.29, 1.82) is 0 Å². The topological polar surface area (TPSA) is 74.7 Å². The van der Waals surface area contributed by atoms with Crippen LogP contribution in [0.3, 0.4) is 0 Å². The molecule has 3 heterocycles. The molecule has 2 aliphatic heterocycles. The van der Waals surface area contributed by atoms with E-state index in [2.05, 4.69) is 10.3 Å². The molecule has 5 rings (SSSR count). The second-order valence-electron chi connectivity index (χ2n) is 9.37. The number of nitrogens with one attached hydrogen (secondary N) is 1. The standard InChI is InChI=1S/C22H28F3N3O2.CH4O/c23-22(24,25)17-7-16-10-28(6-5-19(16)26-9-17)21(29)13-3-4-18(8-13)27-20-14-1-2-15(20)12-30-11-14;1-2/h7,9,13-15,18,20,27H,1-6,8,10-12H2;2H,1H3. The minimum Gasteiger partial charge on any atom is -0.400 e. The van der Waals surface area contributed by atoms with Gasteiger partial charge in [0.25, 0.3) is 0 Å². The van der Waals surface area contributed by atoms with E-state index in [0.717, 1.165) is 51.8 Å². The maximum Gasteiger partial charge on any atom is 0.417 e. The summed E-state index contributed by atoms with van der Waals surface area (Å²) in [4.78, 5) is 18.8. The molecule has 2 saturated carbocycles. The fourth-order valence-corrected chi connectivity index (χ4v) is 5.85. The first kappa shape index (κ1) is 23.4. The van der Waals surface area contributed by atoms with Crippen LogP contribution in [0.1, 0.15) is 48.9 Å². The number of amides is 1. The summed E-state index contributed by atoms with van der Waals surface area (Å²) in [6.07, 6.45) is 2.09.